The van der Waals surface area contributed by atoms with Gasteiger partial charge in [-0.15, -0.1) is 0 Å². The highest BCUT2D eigenvalue weighted by atomic mass is 16.7. The summed E-state index contributed by atoms with van der Waals surface area (Å²) in [5.41, 5.74) is 3.50. The molecule has 0 aromatic heterocycles. The van der Waals surface area contributed by atoms with Crippen LogP contribution in [0.3, 0.4) is 0 Å². The van der Waals surface area contributed by atoms with Crippen LogP contribution in [0, 0.1) is 0 Å². The number of ether oxygens (including phenoxy) is 4. The summed E-state index contributed by atoms with van der Waals surface area (Å²) < 4.78 is 23.6. The molecule has 10 unspecified atom stereocenters. The molecular weight excluding hydrogens is 528 g/mol. The SMILES string of the molecule is OCC1OC2(CCc3cc(-c4ccc5c(c4)CCC4(O5)OC(CO)C(O)C(O)C4O)ccc3O2)C(O)C(O)C1O. The molecule has 0 amide bonds. The zero-order chi connectivity index (χ0) is 28.4. The molecule has 6 rings (SSSR count). The molecule has 4 aliphatic rings. The van der Waals surface area contributed by atoms with Gasteiger partial charge in [-0.2, -0.15) is 0 Å². The van der Waals surface area contributed by atoms with Crippen molar-refractivity contribution in [2.24, 2.45) is 0 Å². The summed E-state index contributed by atoms with van der Waals surface area (Å²) in [6.45, 7) is -1.08. The molecule has 2 aromatic rings. The Morgan fingerprint density at radius 2 is 1.00 bits per heavy atom. The van der Waals surface area contributed by atoms with Gasteiger partial charge < -0.3 is 59.8 Å². The third-order valence-electron chi connectivity index (χ3n) is 8.58. The summed E-state index contributed by atoms with van der Waals surface area (Å²) in [6.07, 6.45) is -9.87. The fraction of sp³-hybridized carbons (Fsp3) is 0.571. The van der Waals surface area contributed by atoms with Crippen LogP contribution in [0.2, 0.25) is 0 Å². The van der Waals surface area contributed by atoms with Crippen LogP contribution in [0.5, 0.6) is 11.5 Å². The van der Waals surface area contributed by atoms with Crippen LogP contribution in [0.15, 0.2) is 36.4 Å². The first-order chi connectivity index (χ1) is 19.1. The zero-order valence-corrected chi connectivity index (χ0v) is 21.5. The normalized spacial score (nSPS) is 40.7. The summed E-state index contributed by atoms with van der Waals surface area (Å²) >= 11 is 0. The maximum atomic E-state index is 10.7. The molecule has 0 radical (unpaired) electrons. The Kier molecular flexibility index (Phi) is 7.07. The van der Waals surface area contributed by atoms with Crippen molar-refractivity contribution in [3.8, 4) is 22.6 Å². The molecule has 4 heterocycles. The van der Waals surface area contributed by atoms with Crippen LogP contribution in [-0.4, -0.2) is 114 Å². The first-order valence-electron chi connectivity index (χ1n) is 13.4. The lowest BCUT2D eigenvalue weighted by Gasteiger charge is -2.49. The number of aliphatic hydroxyl groups is 8. The monoisotopic (exact) mass is 562 g/mol. The first kappa shape index (κ1) is 27.8. The Labute approximate surface area is 229 Å². The van der Waals surface area contributed by atoms with E-state index in [9.17, 15) is 40.9 Å². The van der Waals surface area contributed by atoms with Crippen molar-refractivity contribution < 1.29 is 59.8 Å². The molecule has 218 valence electrons. The molecule has 0 saturated carbocycles. The van der Waals surface area contributed by atoms with E-state index in [1.54, 1.807) is 12.1 Å². The van der Waals surface area contributed by atoms with Crippen LogP contribution in [0.4, 0.5) is 0 Å². The number of aryl methyl sites for hydroxylation is 2. The third kappa shape index (κ3) is 4.31. The number of aliphatic hydroxyl groups excluding tert-OH is 8. The smallest absolute Gasteiger partial charge is 0.240 e. The average Bonchev–Trinajstić information content (AvgIpc) is 2.98. The maximum Gasteiger partial charge on any atom is 0.240 e. The molecule has 2 saturated heterocycles. The molecule has 2 aromatic carbocycles. The van der Waals surface area contributed by atoms with Gasteiger partial charge in [-0.25, -0.2) is 0 Å². The van der Waals surface area contributed by atoms with Crippen molar-refractivity contribution in [2.75, 3.05) is 13.2 Å². The highest BCUT2D eigenvalue weighted by molar-refractivity contribution is 5.68. The Morgan fingerprint density at radius 3 is 1.38 bits per heavy atom. The van der Waals surface area contributed by atoms with E-state index in [2.05, 4.69) is 0 Å². The number of hydrogen-bond acceptors (Lipinski definition) is 12. The fourth-order valence-electron chi connectivity index (χ4n) is 6.20. The number of fused-ring (bicyclic) bond motifs is 2. The average molecular weight is 563 g/mol. The quantitative estimate of drug-likeness (QED) is 0.212. The summed E-state index contributed by atoms with van der Waals surface area (Å²) in [6, 6.07) is 11.1. The summed E-state index contributed by atoms with van der Waals surface area (Å²) in [5.74, 6) is -2.27. The topological polar surface area (TPSA) is 199 Å². The Balaban J connectivity index is 1.22. The van der Waals surface area contributed by atoms with Gasteiger partial charge in [-0.3, -0.25) is 0 Å². The first-order valence-corrected chi connectivity index (χ1v) is 13.4. The van der Waals surface area contributed by atoms with Crippen LogP contribution >= 0.6 is 0 Å². The second-order valence-corrected chi connectivity index (χ2v) is 11.0. The number of benzene rings is 2. The molecular formula is C28H34O12. The standard InChI is InChI=1S/C28H34O12/c29-11-19-21(31)23(33)25(35)27(39-19)7-5-15-9-13(1-3-17(15)37-27)14-2-4-18-16(10-14)6-8-28(38-18)26(36)24(34)22(32)20(12-30)40-28/h1-4,9-10,19-26,29-36H,5-8,11-12H2. The van der Waals surface area contributed by atoms with Gasteiger partial charge in [0.25, 0.3) is 0 Å². The van der Waals surface area contributed by atoms with Crippen LogP contribution in [0.1, 0.15) is 24.0 Å². The van der Waals surface area contributed by atoms with Gasteiger partial charge in [-0.05, 0) is 59.4 Å². The van der Waals surface area contributed by atoms with Gasteiger partial charge in [-0.1, -0.05) is 12.1 Å². The van der Waals surface area contributed by atoms with E-state index < -0.39 is 73.6 Å². The van der Waals surface area contributed by atoms with Gasteiger partial charge in [0.05, 0.1) is 13.2 Å². The van der Waals surface area contributed by atoms with E-state index >= 15 is 0 Å². The number of rotatable bonds is 3. The summed E-state index contributed by atoms with van der Waals surface area (Å²) in [4.78, 5) is 0. The molecule has 0 aliphatic carbocycles. The lowest BCUT2D eigenvalue weighted by atomic mass is 9.85. The zero-order valence-electron chi connectivity index (χ0n) is 21.5. The second kappa shape index (κ2) is 10.2. The summed E-state index contributed by atoms with van der Waals surface area (Å²) in [7, 11) is 0. The Morgan fingerprint density at radius 1 is 0.600 bits per heavy atom. The van der Waals surface area contributed by atoms with E-state index in [-0.39, 0.29) is 12.8 Å². The molecule has 10 atom stereocenters. The van der Waals surface area contributed by atoms with Gasteiger partial charge in [0, 0.05) is 12.8 Å². The van der Waals surface area contributed by atoms with Crippen molar-refractivity contribution in [1.82, 2.24) is 0 Å². The fourth-order valence-corrected chi connectivity index (χ4v) is 6.20. The molecule has 12 nitrogen and oxygen atoms in total. The second-order valence-electron chi connectivity index (χ2n) is 11.0. The molecule has 12 heteroatoms. The molecule has 40 heavy (non-hydrogen) atoms. The van der Waals surface area contributed by atoms with Gasteiger partial charge in [0.15, 0.2) is 0 Å². The third-order valence-corrected chi connectivity index (χ3v) is 8.58. The van der Waals surface area contributed by atoms with Gasteiger partial charge in [0.1, 0.15) is 60.3 Å². The minimum absolute atomic E-state index is 0.197. The van der Waals surface area contributed by atoms with Crippen molar-refractivity contribution in [3.05, 3.63) is 47.5 Å². The van der Waals surface area contributed by atoms with Crippen molar-refractivity contribution in [2.45, 2.75) is 86.1 Å². The van der Waals surface area contributed by atoms with E-state index in [0.29, 0.717) is 24.3 Å². The molecule has 0 bridgehead atoms. The summed E-state index contributed by atoms with van der Waals surface area (Å²) in [5, 5.41) is 81.2. The number of hydrogen-bond donors (Lipinski definition) is 8. The van der Waals surface area contributed by atoms with E-state index in [1.165, 1.54) is 0 Å². The Hall–Kier alpha value is -2.36. The highest BCUT2D eigenvalue weighted by Crippen LogP contribution is 2.44. The predicted molar refractivity (Wildman–Crippen MR) is 135 cm³/mol. The molecule has 2 spiro atoms. The van der Waals surface area contributed by atoms with Crippen molar-refractivity contribution in [1.29, 1.82) is 0 Å². The van der Waals surface area contributed by atoms with E-state index in [4.69, 9.17) is 18.9 Å². The van der Waals surface area contributed by atoms with Crippen LogP contribution in [-0.2, 0) is 22.3 Å². The lowest BCUT2D eigenvalue weighted by molar-refractivity contribution is -0.342. The van der Waals surface area contributed by atoms with Crippen LogP contribution in [0.25, 0.3) is 11.1 Å². The largest absolute Gasteiger partial charge is 0.459 e. The van der Waals surface area contributed by atoms with E-state index in [1.807, 2.05) is 24.3 Å². The van der Waals surface area contributed by atoms with Crippen LogP contribution < -0.4 is 9.47 Å². The molecule has 8 N–H and O–H groups in total. The van der Waals surface area contributed by atoms with Crippen molar-refractivity contribution in [3.63, 3.8) is 0 Å². The van der Waals surface area contributed by atoms with Gasteiger partial charge >= 0.3 is 0 Å². The maximum absolute atomic E-state index is 10.7. The minimum atomic E-state index is -1.59. The van der Waals surface area contributed by atoms with Gasteiger partial charge in [0.2, 0.25) is 11.6 Å². The Bertz CT molecular complexity index is 1160. The van der Waals surface area contributed by atoms with Crippen molar-refractivity contribution >= 4 is 0 Å². The predicted octanol–water partition coefficient (Wildman–Crippen LogP) is -1.66. The minimum Gasteiger partial charge on any atom is -0.459 e. The highest BCUT2D eigenvalue weighted by Gasteiger charge is 2.57. The molecule has 4 aliphatic heterocycles. The lowest BCUT2D eigenvalue weighted by Crippen LogP contribution is -2.68. The van der Waals surface area contributed by atoms with E-state index in [0.717, 1.165) is 22.3 Å². The molecule has 2 fully saturated rings.